The first-order valence-corrected chi connectivity index (χ1v) is 11.9. The van der Waals surface area contributed by atoms with Gasteiger partial charge in [-0.3, -0.25) is 24.5 Å². The fraction of sp³-hybridized carbons (Fsp3) is 0.826. The van der Waals surface area contributed by atoms with Crippen LogP contribution in [-0.2, 0) is 19.2 Å². The highest BCUT2D eigenvalue weighted by atomic mass is 19.4. The normalized spacial score (nSPS) is 18.9. The summed E-state index contributed by atoms with van der Waals surface area (Å²) in [5, 5.41) is 7.29. The first-order valence-electron chi connectivity index (χ1n) is 11.9. The van der Waals surface area contributed by atoms with Crippen LogP contribution in [0.5, 0.6) is 0 Å². The lowest BCUT2D eigenvalue weighted by molar-refractivity contribution is -0.160. The molecule has 1 rings (SSSR count). The van der Waals surface area contributed by atoms with Gasteiger partial charge in [-0.15, -0.1) is 0 Å². The van der Waals surface area contributed by atoms with Gasteiger partial charge in [-0.05, 0) is 31.1 Å². The van der Waals surface area contributed by atoms with Crippen molar-refractivity contribution in [1.82, 2.24) is 25.8 Å². The molecule has 12 heteroatoms. The molecule has 4 atom stereocenters. The molecule has 0 spiro atoms. The molecule has 202 valence electrons. The van der Waals surface area contributed by atoms with Crippen LogP contribution >= 0.6 is 0 Å². The molecule has 0 unspecified atom stereocenters. The number of likely N-dealkylation sites (N-methyl/N-ethyl adjacent to an activating group) is 1. The summed E-state index contributed by atoms with van der Waals surface area (Å²) in [6, 6.07) is -4.98. The van der Waals surface area contributed by atoms with Crippen LogP contribution in [0.2, 0.25) is 0 Å². The van der Waals surface area contributed by atoms with Gasteiger partial charge < -0.3 is 20.4 Å². The smallest absolute Gasteiger partial charge is 0.352 e. The quantitative estimate of drug-likeness (QED) is 0.390. The van der Waals surface area contributed by atoms with Crippen molar-refractivity contribution in [3.8, 4) is 0 Å². The maximum absolute atomic E-state index is 13.8. The van der Waals surface area contributed by atoms with Crippen LogP contribution in [0, 0.1) is 11.8 Å². The molecule has 0 aliphatic carbocycles. The Morgan fingerprint density at radius 2 is 1.69 bits per heavy atom. The van der Waals surface area contributed by atoms with E-state index in [4.69, 9.17) is 0 Å². The molecule has 0 saturated carbocycles. The minimum absolute atomic E-state index is 0.0320. The summed E-state index contributed by atoms with van der Waals surface area (Å²) in [6.45, 7) is 7.90. The zero-order valence-corrected chi connectivity index (χ0v) is 21.7. The van der Waals surface area contributed by atoms with E-state index in [2.05, 4.69) is 16.0 Å². The minimum atomic E-state index is -4.71. The summed E-state index contributed by atoms with van der Waals surface area (Å²) in [6.07, 6.45) is -3.69. The fourth-order valence-electron chi connectivity index (χ4n) is 4.07. The van der Waals surface area contributed by atoms with Crippen molar-refractivity contribution in [2.45, 2.75) is 84.2 Å². The standard InChI is InChI=1S/C23H40F3N5O4/c1-13(2)11-16(21(34)30(6)7)29-18(23(24,25)26)12-27-20(33)17-9-8-10-31(17)22(35)19(14(3)4)28-15(5)32/h13-14,16-19,29H,8-12H2,1-7H3,(H,27,33)(H,28,32)/t16-,17-,18+,19-/m0/s1. The average Bonchev–Trinajstić information content (AvgIpc) is 3.21. The van der Waals surface area contributed by atoms with E-state index in [1.165, 1.54) is 30.8 Å². The van der Waals surface area contributed by atoms with Crippen LogP contribution in [0.1, 0.15) is 53.9 Å². The lowest BCUT2D eigenvalue weighted by atomic mass is 10.0. The number of likely N-dealkylation sites (tertiary alicyclic amines) is 1. The van der Waals surface area contributed by atoms with E-state index in [-0.39, 0.29) is 30.7 Å². The van der Waals surface area contributed by atoms with Crippen molar-refractivity contribution < 1.29 is 32.3 Å². The van der Waals surface area contributed by atoms with E-state index in [0.717, 1.165) is 0 Å². The monoisotopic (exact) mass is 507 g/mol. The Morgan fingerprint density at radius 3 is 2.14 bits per heavy atom. The van der Waals surface area contributed by atoms with Crippen molar-refractivity contribution >= 4 is 23.6 Å². The maximum Gasteiger partial charge on any atom is 0.405 e. The molecular formula is C23H40F3N5O4. The molecule has 0 radical (unpaired) electrons. The number of alkyl halides is 3. The second-order valence-corrected chi connectivity index (χ2v) is 10.0. The Labute approximate surface area is 205 Å². The summed E-state index contributed by atoms with van der Waals surface area (Å²) < 4.78 is 41.4. The molecule has 0 aromatic rings. The van der Waals surface area contributed by atoms with E-state index < -0.39 is 54.6 Å². The molecule has 1 aliphatic heterocycles. The van der Waals surface area contributed by atoms with Crippen molar-refractivity contribution in [1.29, 1.82) is 0 Å². The Bertz CT molecular complexity index is 758. The summed E-state index contributed by atoms with van der Waals surface area (Å²) in [5.74, 6) is -2.27. The van der Waals surface area contributed by atoms with E-state index >= 15 is 0 Å². The molecule has 4 amide bonds. The second-order valence-electron chi connectivity index (χ2n) is 10.0. The zero-order chi connectivity index (χ0) is 27.1. The topological polar surface area (TPSA) is 111 Å². The third-order valence-electron chi connectivity index (χ3n) is 5.85. The number of amides is 4. The van der Waals surface area contributed by atoms with Crippen LogP contribution in [0.4, 0.5) is 13.2 Å². The van der Waals surface area contributed by atoms with Gasteiger partial charge in [0.15, 0.2) is 0 Å². The average molecular weight is 508 g/mol. The number of hydrogen-bond acceptors (Lipinski definition) is 5. The van der Waals surface area contributed by atoms with Gasteiger partial charge in [0.1, 0.15) is 18.1 Å². The molecule has 9 nitrogen and oxygen atoms in total. The molecule has 35 heavy (non-hydrogen) atoms. The summed E-state index contributed by atoms with van der Waals surface area (Å²) >= 11 is 0. The van der Waals surface area contributed by atoms with E-state index in [1.54, 1.807) is 27.7 Å². The third-order valence-corrected chi connectivity index (χ3v) is 5.85. The molecule has 0 bridgehead atoms. The molecule has 1 saturated heterocycles. The lowest BCUT2D eigenvalue weighted by Crippen LogP contribution is -2.59. The number of carbonyl (C=O) groups excluding carboxylic acids is 4. The molecular weight excluding hydrogens is 467 g/mol. The number of rotatable bonds is 11. The van der Waals surface area contributed by atoms with Crippen LogP contribution in [0.25, 0.3) is 0 Å². The number of hydrogen-bond donors (Lipinski definition) is 3. The Morgan fingerprint density at radius 1 is 1.09 bits per heavy atom. The maximum atomic E-state index is 13.8. The first kappa shape index (κ1) is 30.7. The van der Waals surface area contributed by atoms with Gasteiger partial charge in [-0.2, -0.15) is 13.2 Å². The van der Waals surface area contributed by atoms with E-state index in [0.29, 0.717) is 12.8 Å². The molecule has 0 aromatic carbocycles. The van der Waals surface area contributed by atoms with Crippen molar-refractivity contribution in [2.24, 2.45) is 11.8 Å². The number of nitrogens with zero attached hydrogens (tertiary/aromatic N) is 2. The van der Waals surface area contributed by atoms with Gasteiger partial charge in [-0.1, -0.05) is 27.7 Å². The summed E-state index contributed by atoms with van der Waals surface area (Å²) in [5.41, 5.74) is 0. The summed E-state index contributed by atoms with van der Waals surface area (Å²) in [4.78, 5) is 52.4. The van der Waals surface area contributed by atoms with Crippen LogP contribution in [0.3, 0.4) is 0 Å². The highest BCUT2D eigenvalue weighted by Gasteiger charge is 2.43. The van der Waals surface area contributed by atoms with Crippen molar-refractivity contribution in [2.75, 3.05) is 27.2 Å². The van der Waals surface area contributed by atoms with Crippen molar-refractivity contribution in [3.05, 3.63) is 0 Å². The number of halogens is 3. The predicted octanol–water partition coefficient (Wildman–Crippen LogP) is 1.28. The predicted molar refractivity (Wildman–Crippen MR) is 125 cm³/mol. The van der Waals surface area contributed by atoms with Crippen molar-refractivity contribution in [3.63, 3.8) is 0 Å². The number of carbonyl (C=O) groups is 4. The van der Waals surface area contributed by atoms with E-state index in [9.17, 15) is 32.3 Å². The second kappa shape index (κ2) is 13.1. The SMILES string of the molecule is CC(=O)N[C@H](C(=O)N1CCC[C@H]1C(=O)NC[C@@H](N[C@@H](CC(C)C)C(=O)N(C)C)C(F)(F)F)C(C)C. The lowest BCUT2D eigenvalue weighted by Gasteiger charge is -2.32. The molecule has 0 aromatic heterocycles. The van der Waals surface area contributed by atoms with Gasteiger partial charge in [0.25, 0.3) is 0 Å². The fourth-order valence-corrected chi connectivity index (χ4v) is 4.07. The first-order chi connectivity index (χ1) is 16.1. The third kappa shape index (κ3) is 9.30. The Kier molecular flexibility index (Phi) is 11.5. The van der Waals surface area contributed by atoms with Gasteiger partial charge >= 0.3 is 6.18 Å². The van der Waals surface area contributed by atoms with Crippen LogP contribution in [0.15, 0.2) is 0 Å². The highest BCUT2D eigenvalue weighted by Crippen LogP contribution is 2.23. The zero-order valence-electron chi connectivity index (χ0n) is 21.7. The Balaban J connectivity index is 2.96. The summed E-state index contributed by atoms with van der Waals surface area (Å²) in [7, 11) is 2.94. The van der Waals surface area contributed by atoms with Gasteiger partial charge in [0.05, 0.1) is 6.04 Å². The van der Waals surface area contributed by atoms with Gasteiger partial charge in [0, 0.05) is 34.1 Å². The van der Waals surface area contributed by atoms with Gasteiger partial charge in [0.2, 0.25) is 23.6 Å². The highest BCUT2D eigenvalue weighted by molar-refractivity contribution is 5.92. The van der Waals surface area contributed by atoms with E-state index in [1.807, 2.05) is 0 Å². The minimum Gasteiger partial charge on any atom is -0.352 e. The van der Waals surface area contributed by atoms with Crippen LogP contribution in [-0.4, -0.2) is 91.0 Å². The molecule has 1 fully saturated rings. The van der Waals surface area contributed by atoms with Crippen LogP contribution < -0.4 is 16.0 Å². The Hall–Kier alpha value is -2.37. The largest absolute Gasteiger partial charge is 0.405 e. The molecule has 1 aliphatic rings. The molecule has 1 heterocycles. The van der Waals surface area contributed by atoms with Gasteiger partial charge in [-0.25, -0.2) is 0 Å². The molecule has 3 N–H and O–H groups in total. The number of nitrogens with one attached hydrogen (secondary N) is 3.